The van der Waals surface area contributed by atoms with Gasteiger partial charge in [-0.3, -0.25) is 14.9 Å². The Kier molecular flexibility index (Phi) is 5.87. The van der Waals surface area contributed by atoms with Crippen LogP contribution in [0.1, 0.15) is 11.8 Å². The molecule has 0 atom stereocenters. The van der Waals surface area contributed by atoms with E-state index in [1.54, 1.807) is 23.5 Å². The zero-order valence-electron chi connectivity index (χ0n) is 14.7. The summed E-state index contributed by atoms with van der Waals surface area (Å²) in [5.74, 6) is 0.503. The third kappa shape index (κ3) is 4.34. The van der Waals surface area contributed by atoms with Crippen molar-refractivity contribution in [2.24, 2.45) is 0 Å². The topological polar surface area (TPSA) is 103 Å². The molecule has 8 nitrogen and oxygen atoms in total. The van der Waals surface area contributed by atoms with Crippen LogP contribution in [0.5, 0.6) is 0 Å². The number of carbonyl (C=O) groups is 1. The van der Waals surface area contributed by atoms with Gasteiger partial charge in [0, 0.05) is 28.4 Å². The monoisotopic (exact) mass is 403 g/mol. The van der Waals surface area contributed by atoms with E-state index in [2.05, 4.69) is 21.6 Å². The lowest BCUT2D eigenvalue weighted by molar-refractivity contribution is -0.383. The molecule has 140 valence electrons. The van der Waals surface area contributed by atoms with Gasteiger partial charge in [0.15, 0.2) is 11.0 Å². The summed E-state index contributed by atoms with van der Waals surface area (Å²) in [4.78, 5) is 23.9. The van der Waals surface area contributed by atoms with Crippen LogP contribution in [0.4, 0.5) is 11.4 Å². The number of hydrogen-bond acceptors (Lipinski definition) is 7. The van der Waals surface area contributed by atoms with Crippen molar-refractivity contribution in [3.05, 3.63) is 50.7 Å². The second-order valence-electron chi connectivity index (χ2n) is 5.61. The van der Waals surface area contributed by atoms with Crippen LogP contribution in [0, 0.1) is 17.0 Å². The Morgan fingerprint density at radius 2 is 2.15 bits per heavy atom. The molecule has 1 aromatic carbocycles. The highest BCUT2D eigenvalue weighted by Crippen LogP contribution is 2.28. The van der Waals surface area contributed by atoms with E-state index in [1.165, 1.54) is 28.8 Å². The fourth-order valence-corrected chi connectivity index (χ4v) is 3.99. The van der Waals surface area contributed by atoms with Crippen LogP contribution in [0.15, 0.2) is 40.9 Å². The number of amides is 1. The summed E-state index contributed by atoms with van der Waals surface area (Å²) in [6.07, 6.45) is 0. The van der Waals surface area contributed by atoms with Gasteiger partial charge in [0.2, 0.25) is 5.91 Å². The Morgan fingerprint density at radius 3 is 2.81 bits per heavy atom. The summed E-state index contributed by atoms with van der Waals surface area (Å²) in [5, 5.41) is 24.7. The summed E-state index contributed by atoms with van der Waals surface area (Å²) in [6, 6.07) is 8.10. The standard InChI is InChI=1S/C17H17N5O3S2/c1-3-21-16(12-8-11(2)26-9-12)19-20-17(21)27-10-15(23)18-13-6-4-5-7-14(13)22(24)25/h4-9H,3,10H2,1-2H3,(H,18,23). The first-order valence-electron chi connectivity index (χ1n) is 8.14. The molecule has 3 aromatic rings. The molecule has 0 spiro atoms. The number of thiophene rings is 1. The van der Waals surface area contributed by atoms with Gasteiger partial charge in [0.25, 0.3) is 5.69 Å². The van der Waals surface area contributed by atoms with E-state index in [4.69, 9.17) is 0 Å². The summed E-state index contributed by atoms with van der Waals surface area (Å²) >= 11 is 2.89. The minimum atomic E-state index is -0.522. The van der Waals surface area contributed by atoms with Crippen molar-refractivity contribution in [2.45, 2.75) is 25.5 Å². The van der Waals surface area contributed by atoms with Crippen LogP contribution in [0.3, 0.4) is 0 Å². The van der Waals surface area contributed by atoms with Gasteiger partial charge in [-0.15, -0.1) is 21.5 Å². The SMILES string of the molecule is CCn1c(SCC(=O)Nc2ccccc2[N+](=O)[O-])nnc1-c1csc(C)c1. The van der Waals surface area contributed by atoms with E-state index in [9.17, 15) is 14.9 Å². The Labute approximate surface area is 163 Å². The highest BCUT2D eigenvalue weighted by atomic mass is 32.2. The van der Waals surface area contributed by atoms with Gasteiger partial charge in [-0.05, 0) is 26.0 Å². The van der Waals surface area contributed by atoms with Crippen molar-refractivity contribution >= 4 is 40.4 Å². The van der Waals surface area contributed by atoms with E-state index >= 15 is 0 Å². The van der Waals surface area contributed by atoms with E-state index < -0.39 is 4.92 Å². The Morgan fingerprint density at radius 1 is 1.37 bits per heavy atom. The van der Waals surface area contributed by atoms with Crippen molar-refractivity contribution < 1.29 is 9.72 Å². The molecular weight excluding hydrogens is 386 g/mol. The van der Waals surface area contributed by atoms with Gasteiger partial charge in [-0.2, -0.15) is 0 Å². The highest BCUT2D eigenvalue weighted by Gasteiger charge is 2.17. The first-order chi connectivity index (χ1) is 13.0. The number of hydrogen-bond donors (Lipinski definition) is 1. The number of nitro groups is 1. The number of thioether (sulfide) groups is 1. The van der Waals surface area contributed by atoms with Gasteiger partial charge < -0.3 is 9.88 Å². The lowest BCUT2D eigenvalue weighted by atomic mass is 10.2. The average Bonchev–Trinajstić information content (AvgIpc) is 3.25. The molecule has 3 rings (SSSR count). The fraction of sp³-hybridized carbons (Fsp3) is 0.235. The minimum absolute atomic E-state index is 0.0762. The van der Waals surface area contributed by atoms with E-state index in [-0.39, 0.29) is 23.0 Å². The van der Waals surface area contributed by atoms with Crippen LogP contribution < -0.4 is 5.32 Å². The number of aryl methyl sites for hydroxylation is 1. The third-order valence-electron chi connectivity index (χ3n) is 3.73. The Bertz CT molecular complexity index is 983. The number of aromatic nitrogens is 3. The summed E-state index contributed by atoms with van der Waals surface area (Å²) in [5.41, 5.74) is 1.05. The fourth-order valence-electron chi connectivity index (χ4n) is 2.51. The molecule has 0 aliphatic heterocycles. The van der Waals surface area contributed by atoms with Crippen molar-refractivity contribution in [1.82, 2.24) is 14.8 Å². The zero-order chi connectivity index (χ0) is 19.4. The number of nitrogens with one attached hydrogen (secondary N) is 1. The lowest BCUT2D eigenvalue weighted by Crippen LogP contribution is -2.15. The predicted molar refractivity (Wildman–Crippen MR) is 106 cm³/mol. The molecule has 27 heavy (non-hydrogen) atoms. The number of anilines is 1. The summed E-state index contributed by atoms with van der Waals surface area (Å²) in [7, 11) is 0. The first-order valence-corrected chi connectivity index (χ1v) is 10.0. The molecule has 0 bridgehead atoms. The van der Waals surface area contributed by atoms with Crippen molar-refractivity contribution in [1.29, 1.82) is 0 Å². The molecule has 0 saturated heterocycles. The lowest BCUT2D eigenvalue weighted by Gasteiger charge is -2.07. The quantitative estimate of drug-likeness (QED) is 0.364. The van der Waals surface area contributed by atoms with Gasteiger partial charge in [0.05, 0.1) is 10.7 Å². The molecule has 0 aliphatic carbocycles. The van der Waals surface area contributed by atoms with Gasteiger partial charge in [0.1, 0.15) is 5.69 Å². The number of rotatable bonds is 7. The molecule has 1 amide bonds. The predicted octanol–water partition coefficient (Wildman–Crippen LogP) is 3.97. The Hall–Kier alpha value is -2.72. The van der Waals surface area contributed by atoms with Crippen LogP contribution in [-0.4, -0.2) is 31.3 Å². The Balaban J connectivity index is 1.69. The number of benzene rings is 1. The average molecular weight is 403 g/mol. The number of para-hydroxylation sites is 2. The molecule has 1 N–H and O–H groups in total. The molecular formula is C17H17N5O3S2. The summed E-state index contributed by atoms with van der Waals surface area (Å²) in [6.45, 7) is 4.69. The third-order valence-corrected chi connectivity index (χ3v) is 5.56. The van der Waals surface area contributed by atoms with E-state index in [0.29, 0.717) is 11.7 Å². The molecule has 0 radical (unpaired) electrons. The van der Waals surface area contributed by atoms with Gasteiger partial charge in [-0.1, -0.05) is 23.9 Å². The molecule has 0 aliphatic rings. The first kappa shape index (κ1) is 19.1. The number of nitrogens with zero attached hydrogens (tertiary/aromatic N) is 4. The molecule has 2 aromatic heterocycles. The normalized spacial score (nSPS) is 10.7. The maximum atomic E-state index is 12.2. The second kappa shape index (κ2) is 8.31. The maximum Gasteiger partial charge on any atom is 0.292 e. The van der Waals surface area contributed by atoms with Crippen molar-refractivity contribution in [2.75, 3.05) is 11.1 Å². The second-order valence-corrected chi connectivity index (χ2v) is 7.67. The van der Waals surface area contributed by atoms with Crippen LogP contribution >= 0.6 is 23.1 Å². The van der Waals surface area contributed by atoms with Gasteiger partial charge in [-0.25, -0.2) is 0 Å². The van der Waals surface area contributed by atoms with Crippen LogP contribution in [-0.2, 0) is 11.3 Å². The largest absolute Gasteiger partial charge is 0.320 e. The van der Waals surface area contributed by atoms with Crippen LogP contribution in [0.2, 0.25) is 0 Å². The molecule has 10 heteroatoms. The van der Waals surface area contributed by atoms with Crippen molar-refractivity contribution in [3.63, 3.8) is 0 Å². The van der Waals surface area contributed by atoms with Crippen LogP contribution in [0.25, 0.3) is 11.4 Å². The zero-order valence-corrected chi connectivity index (χ0v) is 16.3. The van der Waals surface area contributed by atoms with Crippen molar-refractivity contribution in [3.8, 4) is 11.4 Å². The number of nitro benzene ring substituents is 1. The number of carbonyl (C=O) groups excluding carboxylic acids is 1. The van der Waals surface area contributed by atoms with E-state index in [0.717, 1.165) is 11.4 Å². The summed E-state index contributed by atoms with van der Waals surface area (Å²) < 4.78 is 1.95. The smallest absolute Gasteiger partial charge is 0.292 e. The highest BCUT2D eigenvalue weighted by molar-refractivity contribution is 7.99. The maximum absolute atomic E-state index is 12.2. The molecule has 0 fully saturated rings. The minimum Gasteiger partial charge on any atom is -0.320 e. The van der Waals surface area contributed by atoms with E-state index in [1.807, 2.05) is 23.8 Å². The molecule has 2 heterocycles. The molecule has 0 saturated carbocycles. The van der Waals surface area contributed by atoms with Gasteiger partial charge >= 0.3 is 0 Å². The molecule has 0 unspecified atom stereocenters.